The second-order valence-electron chi connectivity index (χ2n) is 4.18. The van der Waals surface area contributed by atoms with Gasteiger partial charge in [-0.1, -0.05) is 44.4 Å². The quantitative estimate of drug-likeness (QED) is 0.778. The van der Waals surface area contributed by atoms with Crippen LogP contribution in [0, 0.1) is 0 Å². The lowest BCUT2D eigenvalue weighted by Gasteiger charge is -1.93. The molecule has 0 heterocycles. The molecule has 1 aromatic carbocycles. The van der Waals surface area contributed by atoms with Gasteiger partial charge in [-0.15, -0.1) is 0 Å². The molecule has 0 radical (unpaired) electrons. The highest BCUT2D eigenvalue weighted by atomic mass is 16.4. The van der Waals surface area contributed by atoms with Crippen molar-refractivity contribution in [3.8, 4) is 0 Å². The molecule has 0 unspecified atom stereocenters. The lowest BCUT2D eigenvalue weighted by Crippen LogP contribution is -1.93. The summed E-state index contributed by atoms with van der Waals surface area (Å²) < 4.78 is 0. The van der Waals surface area contributed by atoms with Gasteiger partial charge in [-0.05, 0) is 25.5 Å². The Bertz CT molecular complexity index is 344. The van der Waals surface area contributed by atoms with Crippen LogP contribution >= 0.6 is 0 Å². The van der Waals surface area contributed by atoms with E-state index in [4.69, 9.17) is 5.11 Å². The van der Waals surface area contributed by atoms with E-state index in [1.807, 2.05) is 0 Å². The number of Topliss-reactive ketones (excluding diaryl/α,β-unsaturated/α-hetero) is 1. The molecule has 3 nitrogen and oxygen atoms in total. The van der Waals surface area contributed by atoms with Crippen LogP contribution in [0.15, 0.2) is 30.3 Å². The Morgan fingerprint density at radius 1 is 1.06 bits per heavy atom. The Morgan fingerprint density at radius 3 is 2.06 bits per heavy atom. The zero-order valence-electron chi connectivity index (χ0n) is 11.2. The number of ketones is 1. The maximum atomic E-state index is 10.4. The van der Waals surface area contributed by atoms with E-state index in [-0.39, 0.29) is 0 Å². The van der Waals surface area contributed by atoms with Gasteiger partial charge in [-0.25, -0.2) is 4.79 Å². The Labute approximate surface area is 109 Å². The smallest absolute Gasteiger partial charge is 0.335 e. The summed E-state index contributed by atoms with van der Waals surface area (Å²) in [6.45, 7) is 3.83. The average molecular weight is 250 g/mol. The second-order valence-corrected chi connectivity index (χ2v) is 4.18. The van der Waals surface area contributed by atoms with Crippen LogP contribution in [0.3, 0.4) is 0 Å². The highest BCUT2D eigenvalue weighted by Crippen LogP contribution is 2.01. The van der Waals surface area contributed by atoms with E-state index in [1.165, 1.54) is 19.3 Å². The number of hydrogen-bond acceptors (Lipinski definition) is 2. The van der Waals surface area contributed by atoms with Gasteiger partial charge in [0.05, 0.1) is 5.56 Å². The van der Waals surface area contributed by atoms with Crippen molar-refractivity contribution in [2.24, 2.45) is 0 Å². The first-order valence-electron chi connectivity index (χ1n) is 6.35. The first-order chi connectivity index (χ1) is 8.57. The standard InChI is InChI=1S/C8H16O.C7H6O2/c1-3-4-5-6-7-8(2)9;8-7(9)6-4-2-1-3-5-6/h3-7H2,1-2H3;1-5H,(H,8,9). The van der Waals surface area contributed by atoms with E-state index in [9.17, 15) is 9.59 Å². The summed E-state index contributed by atoms with van der Waals surface area (Å²) in [7, 11) is 0. The Hall–Kier alpha value is -1.64. The second kappa shape index (κ2) is 10.5. The number of unbranched alkanes of at least 4 members (excludes halogenated alkanes) is 3. The number of carbonyl (C=O) groups excluding carboxylic acids is 1. The third-order valence-corrected chi connectivity index (χ3v) is 2.40. The van der Waals surface area contributed by atoms with Crippen LogP contribution in [0.5, 0.6) is 0 Å². The van der Waals surface area contributed by atoms with E-state index in [0.717, 1.165) is 12.8 Å². The molecule has 100 valence electrons. The fraction of sp³-hybridized carbons (Fsp3) is 0.467. The van der Waals surface area contributed by atoms with Crippen LogP contribution in [-0.4, -0.2) is 16.9 Å². The minimum Gasteiger partial charge on any atom is -0.478 e. The minimum atomic E-state index is -0.879. The van der Waals surface area contributed by atoms with Gasteiger partial charge in [0.25, 0.3) is 0 Å². The molecule has 0 aliphatic carbocycles. The van der Waals surface area contributed by atoms with Crippen molar-refractivity contribution in [2.75, 3.05) is 0 Å². The van der Waals surface area contributed by atoms with Crippen LogP contribution in [0.2, 0.25) is 0 Å². The van der Waals surface area contributed by atoms with Crippen molar-refractivity contribution in [3.63, 3.8) is 0 Å². The minimum absolute atomic E-state index is 0.325. The van der Waals surface area contributed by atoms with Crippen LogP contribution in [0.1, 0.15) is 56.3 Å². The number of benzene rings is 1. The van der Waals surface area contributed by atoms with Gasteiger partial charge < -0.3 is 9.90 Å². The molecule has 18 heavy (non-hydrogen) atoms. The first-order valence-corrected chi connectivity index (χ1v) is 6.35. The van der Waals surface area contributed by atoms with Gasteiger partial charge >= 0.3 is 5.97 Å². The molecule has 0 aromatic heterocycles. The average Bonchev–Trinajstić information content (AvgIpc) is 2.36. The molecule has 0 aliphatic rings. The molecule has 1 N–H and O–H groups in total. The molecular weight excluding hydrogens is 228 g/mol. The van der Waals surface area contributed by atoms with Crippen molar-refractivity contribution in [1.82, 2.24) is 0 Å². The maximum absolute atomic E-state index is 10.4. The summed E-state index contributed by atoms with van der Waals surface area (Å²) >= 11 is 0. The molecule has 0 saturated carbocycles. The van der Waals surface area contributed by atoms with Gasteiger partial charge in [0.15, 0.2) is 0 Å². The lowest BCUT2D eigenvalue weighted by atomic mass is 10.1. The molecule has 1 aromatic rings. The molecule has 0 saturated heterocycles. The Morgan fingerprint density at radius 2 is 1.67 bits per heavy atom. The summed E-state index contributed by atoms with van der Waals surface area (Å²) in [5, 5.41) is 8.38. The fourth-order valence-corrected chi connectivity index (χ4v) is 1.38. The van der Waals surface area contributed by atoms with E-state index in [2.05, 4.69) is 6.92 Å². The lowest BCUT2D eigenvalue weighted by molar-refractivity contribution is -0.117. The summed E-state index contributed by atoms with van der Waals surface area (Å²) in [6.07, 6.45) is 5.60. The summed E-state index contributed by atoms with van der Waals surface area (Å²) in [4.78, 5) is 20.6. The first kappa shape index (κ1) is 16.4. The van der Waals surface area contributed by atoms with Crippen molar-refractivity contribution < 1.29 is 14.7 Å². The van der Waals surface area contributed by atoms with Crippen molar-refractivity contribution in [3.05, 3.63) is 35.9 Å². The molecular formula is C15H22O3. The van der Waals surface area contributed by atoms with Gasteiger partial charge in [-0.3, -0.25) is 0 Å². The van der Waals surface area contributed by atoms with Crippen molar-refractivity contribution in [1.29, 1.82) is 0 Å². The van der Waals surface area contributed by atoms with Crippen LogP contribution in [-0.2, 0) is 4.79 Å². The van der Waals surface area contributed by atoms with E-state index < -0.39 is 5.97 Å². The molecule has 0 fully saturated rings. The molecule has 0 amide bonds. The number of carbonyl (C=O) groups is 2. The third kappa shape index (κ3) is 9.58. The fourth-order valence-electron chi connectivity index (χ4n) is 1.38. The topological polar surface area (TPSA) is 54.4 Å². The van der Waals surface area contributed by atoms with Gasteiger partial charge in [0, 0.05) is 6.42 Å². The SMILES string of the molecule is CCCCCCC(C)=O.O=C(O)c1ccccc1. The Kier molecular flexibility index (Phi) is 9.55. The third-order valence-electron chi connectivity index (χ3n) is 2.40. The number of carboxylic acids is 1. The molecule has 0 bridgehead atoms. The highest BCUT2D eigenvalue weighted by molar-refractivity contribution is 5.87. The highest BCUT2D eigenvalue weighted by Gasteiger charge is 1.96. The number of rotatable bonds is 6. The monoisotopic (exact) mass is 250 g/mol. The zero-order valence-corrected chi connectivity index (χ0v) is 11.2. The van der Waals surface area contributed by atoms with Crippen LogP contribution < -0.4 is 0 Å². The van der Waals surface area contributed by atoms with E-state index in [0.29, 0.717) is 11.3 Å². The van der Waals surface area contributed by atoms with Crippen molar-refractivity contribution in [2.45, 2.75) is 46.0 Å². The number of aromatic carboxylic acids is 1. The predicted molar refractivity (Wildman–Crippen MR) is 72.8 cm³/mol. The number of hydrogen-bond donors (Lipinski definition) is 1. The zero-order chi connectivity index (χ0) is 13.8. The largest absolute Gasteiger partial charge is 0.478 e. The summed E-state index contributed by atoms with van der Waals surface area (Å²) in [6, 6.07) is 8.30. The van der Waals surface area contributed by atoms with Crippen LogP contribution in [0.25, 0.3) is 0 Å². The van der Waals surface area contributed by atoms with Crippen molar-refractivity contribution >= 4 is 11.8 Å². The van der Waals surface area contributed by atoms with E-state index in [1.54, 1.807) is 37.3 Å². The molecule has 0 spiro atoms. The number of carboxylic acid groups (broad SMARTS) is 1. The molecule has 1 rings (SSSR count). The normalized spacial score (nSPS) is 9.22. The summed E-state index contributed by atoms with van der Waals surface area (Å²) in [5.41, 5.74) is 0.331. The van der Waals surface area contributed by atoms with E-state index >= 15 is 0 Å². The van der Waals surface area contributed by atoms with Gasteiger partial charge in [0.2, 0.25) is 0 Å². The molecule has 3 heteroatoms. The Balaban J connectivity index is 0.000000321. The van der Waals surface area contributed by atoms with Gasteiger partial charge in [0.1, 0.15) is 5.78 Å². The molecule has 0 aliphatic heterocycles. The molecule has 0 atom stereocenters. The summed E-state index contributed by atoms with van der Waals surface area (Å²) in [5.74, 6) is -0.554. The predicted octanol–water partition coefficient (Wildman–Crippen LogP) is 3.93. The van der Waals surface area contributed by atoms with Crippen LogP contribution in [0.4, 0.5) is 0 Å². The van der Waals surface area contributed by atoms with Gasteiger partial charge in [-0.2, -0.15) is 0 Å². The maximum Gasteiger partial charge on any atom is 0.335 e.